The van der Waals surface area contributed by atoms with Gasteiger partial charge in [0.1, 0.15) is 0 Å². The molecule has 2 aliphatic heterocycles. The van der Waals surface area contributed by atoms with Crippen LogP contribution in [0.3, 0.4) is 0 Å². The molecule has 2 rings (SSSR count). The van der Waals surface area contributed by atoms with E-state index in [9.17, 15) is 0 Å². The van der Waals surface area contributed by atoms with Crippen molar-refractivity contribution in [2.75, 3.05) is 26.2 Å². The summed E-state index contributed by atoms with van der Waals surface area (Å²) in [7, 11) is 0. The molecule has 0 radical (unpaired) electrons. The van der Waals surface area contributed by atoms with Gasteiger partial charge in [-0.05, 0) is 37.6 Å². The van der Waals surface area contributed by atoms with Gasteiger partial charge in [-0.1, -0.05) is 27.2 Å². The summed E-state index contributed by atoms with van der Waals surface area (Å²) in [6, 6.07) is 0. The van der Waals surface area contributed by atoms with Crippen molar-refractivity contribution in [1.29, 1.82) is 0 Å². The van der Waals surface area contributed by atoms with Crippen LogP contribution in [0.2, 0.25) is 0 Å². The van der Waals surface area contributed by atoms with Crippen LogP contribution in [0.5, 0.6) is 0 Å². The van der Waals surface area contributed by atoms with Crippen LogP contribution in [0.25, 0.3) is 0 Å². The molecule has 2 aliphatic rings. The summed E-state index contributed by atoms with van der Waals surface area (Å²) < 4.78 is 5.90. The molecule has 2 N–H and O–H groups in total. The molecule has 0 spiro atoms. The number of likely N-dealkylation sites (tertiary alicyclic amines) is 1. The van der Waals surface area contributed by atoms with Gasteiger partial charge in [0.15, 0.2) is 0 Å². The molecular weight excluding hydrogens is 224 g/mol. The van der Waals surface area contributed by atoms with Gasteiger partial charge in [-0.25, -0.2) is 0 Å². The highest BCUT2D eigenvalue weighted by Crippen LogP contribution is 2.39. The Labute approximate surface area is 112 Å². The molecule has 0 bridgehead atoms. The summed E-state index contributed by atoms with van der Waals surface area (Å²) in [6.07, 6.45) is 6.35. The Balaban J connectivity index is 2.05. The van der Waals surface area contributed by atoms with Crippen molar-refractivity contribution in [3.63, 3.8) is 0 Å². The van der Waals surface area contributed by atoms with E-state index in [1.165, 1.54) is 32.4 Å². The van der Waals surface area contributed by atoms with Crippen molar-refractivity contribution in [3.8, 4) is 0 Å². The highest BCUT2D eigenvalue weighted by Gasteiger charge is 2.45. The van der Waals surface area contributed by atoms with Gasteiger partial charge in [0.25, 0.3) is 0 Å². The van der Waals surface area contributed by atoms with E-state index in [0.717, 1.165) is 26.0 Å². The van der Waals surface area contributed by atoms with E-state index in [0.29, 0.717) is 11.5 Å². The first-order valence-corrected chi connectivity index (χ1v) is 7.58. The van der Waals surface area contributed by atoms with E-state index in [4.69, 9.17) is 10.5 Å². The first kappa shape index (κ1) is 14.3. The average molecular weight is 254 g/mol. The summed E-state index contributed by atoms with van der Waals surface area (Å²) in [6.45, 7) is 11.1. The first-order valence-electron chi connectivity index (χ1n) is 7.58. The molecule has 0 aromatic carbocycles. The lowest BCUT2D eigenvalue weighted by atomic mass is 9.83. The van der Waals surface area contributed by atoms with Crippen molar-refractivity contribution in [3.05, 3.63) is 0 Å². The first-order chi connectivity index (χ1) is 8.51. The zero-order chi connectivity index (χ0) is 13.2. The molecule has 2 saturated heterocycles. The Kier molecular flexibility index (Phi) is 4.35. The third kappa shape index (κ3) is 2.89. The number of ether oxygens (including phenoxy) is 1. The minimum Gasteiger partial charge on any atom is -0.378 e. The van der Waals surface area contributed by atoms with Crippen LogP contribution >= 0.6 is 0 Å². The van der Waals surface area contributed by atoms with Crippen LogP contribution in [0.15, 0.2) is 0 Å². The molecule has 0 aromatic rings. The molecule has 2 atom stereocenters. The van der Waals surface area contributed by atoms with Crippen molar-refractivity contribution < 1.29 is 4.74 Å². The predicted octanol–water partition coefficient (Wildman–Crippen LogP) is 2.39. The molecule has 0 aliphatic carbocycles. The molecule has 3 nitrogen and oxygen atoms in total. The average Bonchev–Trinajstić information content (AvgIpc) is 2.71. The molecule has 2 fully saturated rings. The van der Waals surface area contributed by atoms with Gasteiger partial charge in [-0.15, -0.1) is 0 Å². The van der Waals surface area contributed by atoms with Crippen LogP contribution in [-0.2, 0) is 4.74 Å². The Morgan fingerprint density at radius 1 is 1.33 bits per heavy atom. The van der Waals surface area contributed by atoms with Crippen molar-refractivity contribution in [2.24, 2.45) is 11.1 Å². The number of hydrogen-bond donors (Lipinski definition) is 1. The van der Waals surface area contributed by atoms with Crippen molar-refractivity contribution >= 4 is 0 Å². The highest BCUT2D eigenvalue weighted by atomic mass is 16.5. The zero-order valence-corrected chi connectivity index (χ0v) is 12.4. The van der Waals surface area contributed by atoms with Crippen molar-refractivity contribution in [1.82, 2.24) is 4.90 Å². The van der Waals surface area contributed by atoms with Gasteiger partial charge in [-0.2, -0.15) is 0 Å². The summed E-state index contributed by atoms with van der Waals surface area (Å²) in [5.41, 5.74) is 6.84. The van der Waals surface area contributed by atoms with E-state index in [-0.39, 0.29) is 5.54 Å². The summed E-state index contributed by atoms with van der Waals surface area (Å²) >= 11 is 0. The minimum atomic E-state index is 0.214. The molecule has 2 unspecified atom stereocenters. The summed E-state index contributed by atoms with van der Waals surface area (Å²) in [5, 5.41) is 0. The predicted molar refractivity (Wildman–Crippen MR) is 75.6 cm³/mol. The molecular formula is C15H30N2O. The smallest absolute Gasteiger partial charge is 0.0593 e. The van der Waals surface area contributed by atoms with Crippen LogP contribution in [-0.4, -0.2) is 42.8 Å². The molecule has 0 amide bonds. The zero-order valence-electron chi connectivity index (χ0n) is 12.4. The molecule has 0 aromatic heterocycles. The van der Waals surface area contributed by atoms with Crippen LogP contribution < -0.4 is 5.73 Å². The topological polar surface area (TPSA) is 38.5 Å². The lowest BCUT2D eigenvalue weighted by Gasteiger charge is -2.47. The quantitative estimate of drug-likeness (QED) is 0.837. The second kappa shape index (κ2) is 5.48. The third-order valence-corrected chi connectivity index (χ3v) is 4.87. The maximum atomic E-state index is 6.17. The molecule has 0 saturated carbocycles. The summed E-state index contributed by atoms with van der Waals surface area (Å²) in [5.74, 6) is 0. The standard InChI is InChI=1S/C15H30N2O/c1-4-5-13-10-15(11-16,7-9-18-13)17-8-6-14(2,3)12-17/h13H,4-12,16H2,1-3H3. The monoisotopic (exact) mass is 254 g/mol. The van der Waals surface area contributed by atoms with Gasteiger partial charge in [-0.3, -0.25) is 4.90 Å². The number of nitrogens with zero attached hydrogens (tertiary/aromatic N) is 1. The van der Waals surface area contributed by atoms with E-state index < -0.39 is 0 Å². The fourth-order valence-electron chi connectivity index (χ4n) is 3.63. The van der Waals surface area contributed by atoms with Gasteiger partial charge in [0.05, 0.1) is 6.10 Å². The van der Waals surface area contributed by atoms with Crippen molar-refractivity contribution in [2.45, 2.75) is 64.5 Å². The highest BCUT2D eigenvalue weighted by molar-refractivity contribution is 5.00. The van der Waals surface area contributed by atoms with Gasteiger partial charge in [0, 0.05) is 25.2 Å². The van der Waals surface area contributed by atoms with Gasteiger partial charge in [0.2, 0.25) is 0 Å². The molecule has 2 heterocycles. The number of nitrogens with two attached hydrogens (primary N) is 1. The number of hydrogen-bond acceptors (Lipinski definition) is 3. The molecule has 106 valence electrons. The second-order valence-electron chi connectivity index (χ2n) is 7.00. The van der Waals surface area contributed by atoms with E-state index >= 15 is 0 Å². The van der Waals surface area contributed by atoms with E-state index in [1.54, 1.807) is 0 Å². The molecule has 3 heteroatoms. The fraction of sp³-hybridized carbons (Fsp3) is 1.00. The Bertz CT molecular complexity index is 278. The minimum absolute atomic E-state index is 0.214. The van der Waals surface area contributed by atoms with Gasteiger partial charge < -0.3 is 10.5 Å². The SMILES string of the molecule is CCCC1CC(CN)(N2CCC(C)(C)C2)CCO1. The maximum Gasteiger partial charge on any atom is 0.0593 e. The fourth-order valence-corrected chi connectivity index (χ4v) is 3.63. The molecule has 18 heavy (non-hydrogen) atoms. The Morgan fingerprint density at radius 2 is 2.11 bits per heavy atom. The Hall–Kier alpha value is -0.120. The van der Waals surface area contributed by atoms with E-state index in [1.807, 2.05) is 0 Å². The van der Waals surface area contributed by atoms with Crippen LogP contribution in [0, 0.1) is 5.41 Å². The normalized spacial score (nSPS) is 37.0. The second-order valence-corrected chi connectivity index (χ2v) is 7.00. The third-order valence-electron chi connectivity index (χ3n) is 4.87. The van der Waals surface area contributed by atoms with E-state index in [2.05, 4.69) is 25.7 Å². The summed E-state index contributed by atoms with van der Waals surface area (Å²) in [4.78, 5) is 2.66. The lowest BCUT2D eigenvalue weighted by molar-refractivity contribution is -0.0697. The maximum absolute atomic E-state index is 6.17. The lowest BCUT2D eigenvalue weighted by Crippen LogP contribution is -2.58. The van der Waals surface area contributed by atoms with Crippen LogP contribution in [0.1, 0.15) is 52.9 Å². The Morgan fingerprint density at radius 3 is 2.67 bits per heavy atom. The number of rotatable bonds is 4. The van der Waals surface area contributed by atoms with Gasteiger partial charge >= 0.3 is 0 Å². The van der Waals surface area contributed by atoms with Crippen LogP contribution in [0.4, 0.5) is 0 Å². The largest absolute Gasteiger partial charge is 0.378 e.